The summed E-state index contributed by atoms with van der Waals surface area (Å²) < 4.78 is 11.2. The molecule has 1 aromatic heterocycles. The first-order valence-electron chi connectivity index (χ1n) is 6.40. The van der Waals surface area contributed by atoms with Crippen LogP contribution in [0.3, 0.4) is 0 Å². The minimum atomic E-state index is -0.716. The van der Waals surface area contributed by atoms with Crippen LogP contribution in [-0.4, -0.2) is 44.2 Å². The zero-order chi connectivity index (χ0) is 13.7. The van der Waals surface area contributed by atoms with Crippen LogP contribution in [-0.2, 0) is 10.8 Å². The number of carbonyl (C=O) groups is 1. The van der Waals surface area contributed by atoms with Crippen molar-refractivity contribution in [1.82, 2.24) is 15.3 Å². The molecule has 6 nitrogen and oxygen atoms in total. The fourth-order valence-corrected chi connectivity index (χ4v) is 3.24. The van der Waals surface area contributed by atoms with Gasteiger partial charge in [0, 0.05) is 34.9 Å². The Kier molecular flexibility index (Phi) is 4.84. The van der Waals surface area contributed by atoms with E-state index in [2.05, 4.69) is 20.6 Å². The summed E-state index contributed by atoms with van der Waals surface area (Å²) in [7, 11) is -0.716. The van der Waals surface area contributed by atoms with E-state index in [0.717, 1.165) is 19.4 Å². The molecule has 0 saturated carbocycles. The van der Waals surface area contributed by atoms with Crippen LogP contribution in [0.25, 0.3) is 0 Å². The van der Waals surface area contributed by atoms with Crippen LogP contribution in [0.15, 0.2) is 12.4 Å². The number of nitrogens with one attached hydrogen (secondary N) is 2. The summed E-state index contributed by atoms with van der Waals surface area (Å²) in [6.07, 6.45) is 4.57. The van der Waals surface area contributed by atoms with Crippen LogP contribution in [0.4, 0.5) is 5.82 Å². The number of hydrogen-bond donors (Lipinski definition) is 2. The van der Waals surface area contributed by atoms with Gasteiger partial charge in [0.05, 0.1) is 12.4 Å². The molecule has 0 bridgehead atoms. The van der Waals surface area contributed by atoms with Gasteiger partial charge in [0.2, 0.25) is 0 Å². The maximum Gasteiger partial charge on any atom is 0.271 e. The third-order valence-corrected chi connectivity index (χ3v) is 4.33. The third-order valence-electron chi connectivity index (χ3n) is 2.95. The summed E-state index contributed by atoms with van der Waals surface area (Å²) in [6.45, 7) is 2.69. The van der Waals surface area contributed by atoms with Crippen molar-refractivity contribution in [3.8, 4) is 0 Å². The molecule has 2 rings (SSSR count). The van der Waals surface area contributed by atoms with Crippen molar-refractivity contribution < 1.29 is 9.00 Å². The quantitative estimate of drug-likeness (QED) is 0.842. The standard InChI is InChI=1S/C12H18N4O2S/c1-2-14-11-8-13-7-10(16-11)12(17)15-9-3-5-19(18)6-4-9/h7-9H,2-6H2,1H3,(H,14,16)(H,15,17). The summed E-state index contributed by atoms with van der Waals surface area (Å²) in [4.78, 5) is 20.2. The lowest BCUT2D eigenvalue weighted by molar-refractivity contribution is 0.0929. The van der Waals surface area contributed by atoms with Crippen molar-refractivity contribution in [2.75, 3.05) is 23.4 Å². The Morgan fingerprint density at radius 2 is 2.16 bits per heavy atom. The molecule has 0 atom stereocenters. The lowest BCUT2D eigenvalue weighted by Gasteiger charge is -2.22. The van der Waals surface area contributed by atoms with Gasteiger partial charge in [-0.25, -0.2) is 4.98 Å². The Labute approximate surface area is 114 Å². The SMILES string of the molecule is CCNc1cncc(C(=O)NC2CCS(=O)CC2)n1. The zero-order valence-corrected chi connectivity index (χ0v) is 11.7. The molecule has 19 heavy (non-hydrogen) atoms. The van der Waals surface area contributed by atoms with Gasteiger partial charge in [0.1, 0.15) is 11.5 Å². The highest BCUT2D eigenvalue weighted by Crippen LogP contribution is 2.10. The highest BCUT2D eigenvalue weighted by Gasteiger charge is 2.20. The van der Waals surface area contributed by atoms with E-state index in [9.17, 15) is 9.00 Å². The Morgan fingerprint density at radius 1 is 1.42 bits per heavy atom. The van der Waals surface area contributed by atoms with E-state index in [1.807, 2.05) is 6.92 Å². The van der Waals surface area contributed by atoms with Gasteiger partial charge in [-0.2, -0.15) is 0 Å². The maximum absolute atomic E-state index is 12.0. The van der Waals surface area contributed by atoms with E-state index in [4.69, 9.17) is 0 Å². The number of nitrogens with zero attached hydrogens (tertiary/aromatic N) is 2. The topological polar surface area (TPSA) is 84.0 Å². The van der Waals surface area contributed by atoms with Crippen molar-refractivity contribution in [3.63, 3.8) is 0 Å². The largest absolute Gasteiger partial charge is 0.369 e. The Balaban J connectivity index is 1.95. The molecule has 0 spiro atoms. The smallest absolute Gasteiger partial charge is 0.271 e. The fourth-order valence-electron chi connectivity index (χ4n) is 1.94. The minimum absolute atomic E-state index is 0.0924. The summed E-state index contributed by atoms with van der Waals surface area (Å²) in [5, 5.41) is 5.94. The van der Waals surface area contributed by atoms with Crippen molar-refractivity contribution in [2.45, 2.75) is 25.8 Å². The first kappa shape index (κ1) is 13.9. The second kappa shape index (κ2) is 6.60. The molecular formula is C12H18N4O2S. The van der Waals surface area contributed by atoms with Crippen molar-refractivity contribution >= 4 is 22.5 Å². The van der Waals surface area contributed by atoms with Gasteiger partial charge < -0.3 is 10.6 Å². The van der Waals surface area contributed by atoms with E-state index < -0.39 is 10.8 Å². The lowest BCUT2D eigenvalue weighted by Crippen LogP contribution is -2.39. The molecule has 1 saturated heterocycles. The molecule has 104 valence electrons. The van der Waals surface area contributed by atoms with Gasteiger partial charge in [-0.1, -0.05) is 0 Å². The van der Waals surface area contributed by atoms with Crippen LogP contribution in [0.1, 0.15) is 30.3 Å². The molecule has 0 unspecified atom stereocenters. The molecule has 1 aromatic rings. The molecule has 0 aliphatic carbocycles. The minimum Gasteiger partial charge on any atom is -0.369 e. The predicted octanol–water partition coefficient (Wildman–Crippen LogP) is 0.549. The molecule has 2 heterocycles. The maximum atomic E-state index is 12.0. The van der Waals surface area contributed by atoms with E-state index in [-0.39, 0.29) is 11.9 Å². The van der Waals surface area contributed by atoms with Crippen molar-refractivity contribution in [2.24, 2.45) is 0 Å². The first-order chi connectivity index (χ1) is 9.19. The normalized spacial score (nSPS) is 22.8. The molecule has 1 fully saturated rings. The van der Waals surface area contributed by atoms with Crippen LogP contribution in [0.2, 0.25) is 0 Å². The second-order valence-electron chi connectivity index (χ2n) is 4.42. The Bertz CT molecular complexity index is 471. The highest BCUT2D eigenvalue weighted by atomic mass is 32.2. The lowest BCUT2D eigenvalue weighted by atomic mass is 10.1. The molecular weight excluding hydrogens is 264 g/mol. The van der Waals surface area contributed by atoms with Crippen molar-refractivity contribution in [3.05, 3.63) is 18.1 Å². The number of aromatic nitrogens is 2. The molecule has 1 aliphatic rings. The van der Waals surface area contributed by atoms with Crippen LogP contribution in [0, 0.1) is 0 Å². The number of anilines is 1. The molecule has 0 aromatic carbocycles. The Hall–Kier alpha value is -1.50. The third kappa shape index (κ3) is 3.99. The average molecular weight is 282 g/mol. The van der Waals surface area contributed by atoms with E-state index in [1.54, 1.807) is 6.20 Å². The molecule has 1 amide bonds. The van der Waals surface area contributed by atoms with Gasteiger partial charge >= 0.3 is 0 Å². The number of rotatable bonds is 4. The van der Waals surface area contributed by atoms with Gasteiger partial charge in [0.15, 0.2) is 0 Å². The van der Waals surface area contributed by atoms with Gasteiger partial charge in [-0.05, 0) is 19.8 Å². The van der Waals surface area contributed by atoms with E-state index in [0.29, 0.717) is 23.0 Å². The monoisotopic (exact) mass is 282 g/mol. The highest BCUT2D eigenvalue weighted by molar-refractivity contribution is 7.85. The summed E-state index contributed by atoms with van der Waals surface area (Å²) in [6, 6.07) is 0.0924. The zero-order valence-electron chi connectivity index (χ0n) is 10.9. The number of amides is 1. The second-order valence-corrected chi connectivity index (χ2v) is 6.11. The van der Waals surface area contributed by atoms with E-state index >= 15 is 0 Å². The molecule has 0 radical (unpaired) electrons. The Morgan fingerprint density at radius 3 is 2.84 bits per heavy atom. The van der Waals surface area contributed by atoms with Gasteiger partial charge in [-0.15, -0.1) is 0 Å². The van der Waals surface area contributed by atoms with E-state index in [1.165, 1.54) is 6.20 Å². The molecule has 2 N–H and O–H groups in total. The number of carbonyl (C=O) groups excluding carboxylic acids is 1. The molecule has 7 heteroatoms. The predicted molar refractivity (Wildman–Crippen MR) is 74.6 cm³/mol. The van der Waals surface area contributed by atoms with Gasteiger partial charge in [0.25, 0.3) is 5.91 Å². The van der Waals surface area contributed by atoms with Crippen molar-refractivity contribution in [1.29, 1.82) is 0 Å². The summed E-state index contributed by atoms with van der Waals surface area (Å²) >= 11 is 0. The van der Waals surface area contributed by atoms with Crippen LogP contribution >= 0.6 is 0 Å². The molecule has 1 aliphatic heterocycles. The fraction of sp³-hybridized carbons (Fsp3) is 0.583. The van der Waals surface area contributed by atoms with Crippen LogP contribution in [0.5, 0.6) is 0 Å². The summed E-state index contributed by atoms with van der Waals surface area (Å²) in [5.41, 5.74) is 0.310. The average Bonchev–Trinajstić information content (AvgIpc) is 2.42. The summed E-state index contributed by atoms with van der Waals surface area (Å²) in [5.74, 6) is 1.70. The van der Waals surface area contributed by atoms with Gasteiger partial charge in [-0.3, -0.25) is 14.0 Å². The van der Waals surface area contributed by atoms with Crippen LogP contribution < -0.4 is 10.6 Å². The number of hydrogen-bond acceptors (Lipinski definition) is 5. The first-order valence-corrected chi connectivity index (χ1v) is 7.89.